The molecular weight excluding hydrogens is 392 g/mol. The largest absolute Gasteiger partial charge is 0.445 e. The second-order valence-electron chi connectivity index (χ2n) is 8.13. The van der Waals surface area contributed by atoms with Crippen molar-refractivity contribution < 1.29 is 14.3 Å². The van der Waals surface area contributed by atoms with Gasteiger partial charge in [0.15, 0.2) is 0 Å². The average Bonchev–Trinajstić information content (AvgIpc) is 3.30. The maximum atomic E-state index is 13.7. The molecular formula is C24H30N4O3. The molecule has 7 nitrogen and oxygen atoms in total. The Hall–Kier alpha value is -2.90. The molecule has 1 atom stereocenters. The SMILES string of the molecule is CN1CCN(N(C(=O)C2CCCN2C(=O)OCc2ccccc2)c2ccccc2)CC1. The first-order chi connectivity index (χ1) is 15.1. The van der Waals surface area contributed by atoms with Crippen molar-refractivity contribution in [2.24, 2.45) is 0 Å². The van der Waals surface area contributed by atoms with E-state index < -0.39 is 12.1 Å². The van der Waals surface area contributed by atoms with Crippen LogP contribution in [0.4, 0.5) is 10.5 Å². The Morgan fingerprint density at radius 2 is 1.58 bits per heavy atom. The Kier molecular flexibility index (Phi) is 6.84. The van der Waals surface area contributed by atoms with Crippen LogP contribution in [0.5, 0.6) is 0 Å². The van der Waals surface area contributed by atoms with Crippen LogP contribution in [-0.2, 0) is 16.1 Å². The van der Waals surface area contributed by atoms with E-state index in [1.807, 2.05) is 60.7 Å². The lowest BCUT2D eigenvalue weighted by Crippen LogP contribution is -2.59. The number of hydrazine groups is 1. The van der Waals surface area contributed by atoms with E-state index >= 15 is 0 Å². The first-order valence-corrected chi connectivity index (χ1v) is 10.9. The molecule has 2 aromatic rings. The molecule has 2 amide bonds. The number of amides is 2. The fraction of sp³-hybridized carbons (Fsp3) is 0.417. The zero-order valence-corrected chi connectivity index (χ0v) is 18.0. The van der Waals surface area contributed by atoms with Gasteiger partial charge in [-0.15, -0.1) is 0 Å². The van der Waals surface area contributed by atoms with Gasteiger partial charge in [0.05, 0.1) is 5.69 Å². The highest BCUT2D eigenvalue weighted by Gasteiger charge is 2.40. The summed E-state index contributed by atoms with van der Waals surface area (Å²) >= 11 is 0. The molecule has 0 aliphatic carbocycles. The third-order valence-corrected chi connectivity index (χ3v) is 5.95. The molecule has 0 radical (unpaired) electrons. The van der Waals surface area contributed by atoms with Crippen LogP contribution in [0.1, 0.15) is 18.4 Å². The highest BCUT2D eigenvalue weighted by molar-refractivity contribution is 5.98. The molecule has 2 aliphatic heterocycles. The van der Waals surface area contributed by atoms with E-state index in [0.717, 1.165) is 43.9 Å². The number of likely N-dealkylation sites (N-methyl/N-ethyl adjacent to an activating group) is 1. The zero-order chi connectivity index (χ0) is 21.6. The van der Waals surface area contributed by atoms with Crippen LogP contribution >= 0.6 is 0 Å². The molecule has 2 heterocycles. The van der Waals surface area contributed by atoms with Crippen molar-refractivity contribution in [1.82, 2.24) is 14.8 Å². The second kappa shape index (κ2) is 9.94. The molecule has 0 bridgehead atoms. The van der Waals surface area contributed by atoms with Crippen LogP contribution in [-0.4, -0.2) is 72.6 Å². The number of nitrogens with zero attached hydrogens (tertiary/aromatic N) is 4. The highest BCUT2D eigenvalue weighted by Crippen LogP contribution is 2.26. The van der Waals surface area contributed by atoms with E-state index in [1.165, 1.54) is 0 Å². The summed E-state index contributed by atoms with van der Waals surface area (Å²) in [6.45, 7) is 4.06. The molecule has 2 aromatic carbocycles. The summed E-state index contributed by atoms with van der Waals surface area (Å²) in [4.78, 5) is 30.4. The van der Waals surface area contributed by atoms with Gasteiger partial charge in [-0.2, -0.15) is 0 Å². The van der Waals surface area contributed by atoms with E-state index in [9.17, 15) is 9.59 Å². The van der Waals surface area contributed by atoms with Gasteiger partial charge in [0.25, 0.3) is 5.91 Å². The summed E-state index contributed by atoms with van der Waals surface area (Å²) in [6.07, 6.45) is 1.02. The Labute approximate surface area is 183 Å². The summed E-state index contributed by atoms with van der Waals surface area (Å²) in [5.74, 6) is -0.0649. The van der Waals surface area contributed by atoms with Gasteiger partial charge in [0.2, 0.25) is 0 Å². The monoisotopic (exact) mass is 422 g/mol. The van der Waals surface area contributed by atoms with Crippen LogP contribution in [0.2, 0.25) is 0 Å². The first kappa shape index (κ1) is 21.3. The molecule has 0 aromatic heterocycles. The number of rotatable bonds is 5. The smallest absolute Gasteiger partial charge is 0.410 e. The summed E-state index contributed by atoms with van der Waals surface area (Å²) < 4.78 is 5.53. The summed E-state index contributed by atoms with van der Waals surface area (Å²) in [7, 11) is 2.09. The van der Waals surface area contributed by atoms with E-state index in [2.05, 4.69) is 17.0 Å². The van der Waals surface area contributed by atoms with Crippen molar-refractivity contribution in [1.29, 1.82) is 0 Å². The van der Waals surface area contributed by atoms with Crippen LogP contribution in [0.15, 0.2) is 60.7 Å². The quantitative estimate of drug-likeness (QED) is 0.742. The van der Waals surface area contributed by atoms with Gasteiger partial charge in [-0.3, -0.25) is 9.69 Å². The third-order valence-electron chi connectivity index (χ3n) is 5.95. The predicted molar refractivity (Wildman–Crippen MR) is 119 cm³/mol. The molecule has 0 saturated carbocycles. The Balaban J connectivity index is 1.49. The van der Waals surface area contributed by atoms with Crippen molar-refractivity contribution >= 4 is 17.7 Å². The van der Waals surface area contributed by atoms with E-state index in [0.29, 0.717) is 13.0 Å². The normalized spacial score (nSPS) is 19.9. The highest BCUT2D eigenvalue weighted by atomic mass is 16.6. The van der Waals surface area contributed by atoms with Gasteiger partial charge in [-0.1, -0.05) is 48.5 Å². The standard InChI is InChI=1S/C24H30N4O3/c1-25-15-17-26(18-16-25)28(21-11-6-3-7-12-21)23(29)22-13-8-14-27(22)24(30)31-19-20-9-4-2-5-10-20/h2-7,9-12,22H,8,13-19H2,1H3. The van der Waals surface area contributed by atoms with Crippen molar-refractivity contribution in [2.75, 3.05) is 44.8 Å². The van der Waals surface area contributed by atoms with Gasteiger partial charge in [0, 0.05) is 32.7 Å². The first-order valence-electron chi connectivity index (χ1n) is 10.9. The number of benzene rings is 2. The van der Waals surface area contributed by atoms with Crippen LogP contribution < -0.4 is 5.01 Å². The lowest BCUT2D eigenvalue weighted by molar-refractivity contribution is -0.126. The molecule has 1 unspecified atom stereocenters. The van der Waals surface area contributed by atoms with Crippen LogP contribution in [0, 0.1) is 0 Å². The number of likely N-dealkylation sites (tertiary alicyclic amines) is 1. The van der Waals surface area contributed by atoms with Crippen molar-refractivity contribution in [3.05, 3.63) is 66.2 Å². The lowest BCUT2D eigenvalue weighted by Gasteiger charge is -2.41. The number of anilines is 1. The number of carbonyl (C=O) groups is 2. The molecule has 7 heteroatoms. The van der Waals surface area contributed by atoms with Crippen LogP contribution in [0.3, 0.4) is 0 Å². The minimum absolute atomic E-state index is 0.0649. The molecule has 0 spiro atoms. The molecule has 2 saturated heterocycles. The van der Waals surface area contributed by atoms with E-state index in [-0.39, 0.29) is 12.5 Å². The molecule has 31 heavy (non-hydrogen) atoms. The van der Waals surface area contributed by atoms with Crippen molar-refractivity contribution in [3.8, 4) is 0 Å². The molecule has 4 rings (SSSR count). The Bertz CT molecular complexity index is 869. The zero-order valence-electron chi connectivity index (χ0n) is 18.0. The average molecular weight is 423 g/mol. The van der Waals surface area contributed by atoms with Gasteiger partial charge in [0.1, 0.15) is 12.6 Å². The second-order valence-corrected chi connectivity index (χ2v) is 8.13. The third kappa shape index (κ3) is 5.06. The minimum atomic E-state index is -0.511. The fourth-order valence-electron chi connectivity index (χ4n) is 4.18. The van der Waals surface area contributed by atoms with E-state index in [1.54, 1.807) is 9.91 Å². The number of carbonyl (C=O) groups excluding carboxylic acids is 2. The summed E-state index contributed by atoms with van der Waals surface area (Å²) in [6, 6.07) is 18.8. The minimum Gasteiger partial charge on any atom is -0.445 e. The topological polar surface area (TPSA) is 56.3 Å². The van der Waals surface area contributed by atoms with E-state index in [4.69, 9.17) is 4.74 Å². The number of hydrogen-bond acceptors (Lipinski definition) is 5. The molecule has 2 fully saturated rings. The van der Waals surface area contributed by atoms with Gasteiger partial charge < -0.3 is 9.64 Å². The van der Waals surface area contributed by atoms with Gasteiger partial charge in [-0.25, -0.2) is 14.8 Å². The van der Waals surface area contributed by atoms with Crippen molar-refractivity contribution in [2.45, 2.75) is 25.5 Å². The number of piperazine rings is 1. The lowest BCUT2D eigenvalue weighted by atomic mass is 10.2. The maximum Gasteiger partial charge on any atom is 0.410 e. The van der Waals surface area contributed by atoms with Gasteiger partial charge >= 0.3 is 6.09 Å². The van der Waals surface area contributed by atoms with Crippen LogP contribution in [0.25, 0.3) is 0 Å². The number of ether oxygens (including phenoxy) is 1. The number of hydrogen-bond donors (Lipinski definition) is 0. The van der Waals surface area contributed by atoms with Crippen molar-refractivity contribution in [3.63, 3.8) is 0 Å². The Morgan fingerprint density at radius 3 is 2.26 bits per heavy atom. The fourth-order valence-corrected chi connectivity index (χ4v) is 4.18. The maximum absolute atomic E-state index is 13.7. The van der Waals surface area contributed by atoms with Gasteiger partial charge in [-0.05, 0) is 37.6 Å². The summed E-state index contributed by atoms with van der Waals surface area (Å²) in [5.41, 5.74) is 1.77. The predicted octanol–water partition coefficient (Wildman–Crippen LogP) is 2.98. The molecule has 2 aliphatic rings. The summed E-state index contributed by atoms with van der Waals surface area (Å²) in [5, 5.41) is 3.88. The molecule has 164 valence electrons. The number of para-hydroxylation sites is 1. The Morgan fingerprint density at radius 1 is 0.935 bits per heavy atom. The molecule has 0 N–H and O–H groups in total.